The molecule has 0 bridgehead atoms. The van der Waals surface area contributed by atoms with Crippen molar-refractivity contribution in [1.29, 1.82) is 0 Å². The Kier molecular flexibility index (Phi) is 4.63. The number of sulfonamides is 1. The molecule has 0 aliphatic carbocycles. The van der Waals surface area contributed by atoms with Crippen LogP contribution in [-0.4, -0.2) is 49.0 Å². The molecule has 0 unspecified atom stereocenters. The molecule has 4 rings (SSSR count). The molecular formula is C17H17N5O4S2. The van der Waals surface area contributed by atoms with Gasteiger partial charge < -0.3 is 9.25 Å². The highest BCUT2D eigenvalue weighted by molar-refractivity contribution is 7.92. The normalized spacial score (nSPS) is 15.7. The van der Waals surface area contributed by atoms with Gasteiger partial charge in [-0.25, -0.2) is 22.7 Å². The third-order valence-electron chi connectivity index (χ3n) is 4.16. The van der Waals surface area contributed by atoms with Crippen molar-refractivity contribution in [2.45, 2.75) is 13.3 Å². The second-order valence-electron chi connectivity index (χ2n) is 6.15. The average molecular weight is 419 g/mol. The van der Waals surface area contributed by atoms with E-state index in [0.717, 1.165) is 27.4 Å². The zero-order chi connectivity index (χ0) is 19.9. The molecule has 0 saturated carbocycles. The molecule has 0 radical (unpaired) electrons. The Morgan fingerprint density at radius 1 is 1.36 bits per heavy atom. The van der Waals surface area contributed by atoms with Crippen molar-refractivity contribution in [3.05, 3.63) is 35.9 Å². The van der Waals surface area contributed by atoms with Crippen molar-refractivity contribution in [1.82, 2.24) is 15.0 Å². The molecular weight excluding hydrogens is 402 g/mol. The highest BCUT2D eigenvalue weighted by Crippen LogP contribution is 2.39. The van der Waals surface area contributed by atoms with E-state index in [1.165, 1.54) is 22.8 Å². The maximum Gasteiger partial charge on any atom is 0.241 e. The molecule has 4 heterocycles. The molecule has 9 nitrogen and oxygen atoms in total. The van der Waals surface area contributed by atoms with Gasteiger partial charge in [0.15, 0.2) is 5.69 Å². The Balaban J connectivity index is 1.83. The number of nitrogens with zero attached hydrogens (tertiary/aromatic N) is 5. The van der Waals surface area contributed by atoms with E-state index in [-0.39, 0.29) is 12.4 Å². The molecule has 28 heavy (non-hydrogen) atoms. The molecule has 0 aromatic carbocycles. The number of aromatic nitrogens is 3. The number of hydrogen-bond donors (Lipinski definition) is 0. The number of rotatable bonds is 4. The minimum atomic E-state index is -3.51. The Morgan fingerprint density at radius 2 is 2.18 bits per heavy atom. The number of oxazole rings is 1. The summed E-state index contributed by atoms with van der Waals surface area (Å²) in [4.78, 5) is 18.8. The Labute approximate surface area is 165 Å². The second kappa shape index (κ2) is 6.99. The highest BCUT2D eigenvalue weighted by Gasteiger charge is 2.34. The van der Waals surface area contributed by atoms with Crippen molar-refractivity contribution in [2.75, 3.05) is 24.2 Å². The molecule has 0 atom stereocenters. The van der Waals surface area contributed by atoms with E-state index in [2.05, 4.69) is 20.1 Å². The average Bonchev–Trinajstić information content (AvgIpc) is 3.26. The van der Waals surface area contributed by atoms with E-state index in [0.29, 0.717) is 23.7 Å². The van der Waals surface area contributed by atoms with Gasteiger partial charge in [0.2, 0.25) is 21.8 Å². The fourth-order valence-electron chi connectivity index (χ4n) is 2.92. The molecule has 0 N–H and O–H groups in total. The van der Waals surface area contributed by atoms with E-state index < -0.39 is 10.0 Å². The zero-order valence-corrected chi connectivity index (χ0v) is 17.0. The molecule has 11 heteroatoms. The van der Waals surface area contributed by atoms with Gasteiger partial charge in [0.25, 0.3) is 0 Å². The van der Waals surface area contributed by atoms with Crippen LogP contribution in [0.1, 0.15) is 17.8 Å². The van der Waals surface area contributed by atoms with Crippen LogP contribution in [0, 0.1) is 6.92 Å². The summed E-state index contributed by atoms with van der Waals surface area (Å²) in [7, 11) is -2.08. The third kappa shape index (κ3) is 3.27. The molecule has 1 aliphatic heterocycles. The first kappa shape index (κ1) is 18.6. The Hall–Kier alpha value is -2.79. The van der Waals surface area contributed by atoms with Gasteiger partial charge in [-0.15, -0.1) is 11.3 Å². The van der Waals surface area contributed by atoms with E-state index in [1.807, 2.05) is 19.1 Å². The van der Waals surface area contributed by atoms with Gasteiger partial charge in [-0.05, 0) is 19.1 Å². The SMILES string of the molecule is CO/N=C1\CCN(S(C)(=O)=O)c2oc(-c3sc(-c4cccnc4)nc3C)nc21. The standard InChI is InChI=1S/C17H17N5O4S2/c1-10-14(27-16(19-10)11-5-4-7-18-9-11)15-20-13-12(21-25-2)6-8-22(17(13)26-15)28(3,23)24/h4-5,7,9H,6,8H2,1-3H3/b21-12+. The molecule has 146 valence electrons. The van der Waals surface area contributed by atoms with Crippen molar-refractivity contribution in [2.24, 2.45) is 5.16 Å². The van der Waals surface area contributed by atoms with Crippen molar-refractivity contribution < 1.29 is 17.7 Å². The summed E-state index contributed by atoms with van der Waals surface area (Å²) in [6, 6.07) is 3.76. The summed E-state index contributed by atoms with van der Waals surface area (Å²) in [6.45, 7) is 2.07. The predicted molar refractivity (Wildman–Crippen MR) is 106 cm³/mol. The fourth-order valence-corrected chi connectivity index (χ4v) is 4.75. The fraction of sp³-hybridized carbons (Fsp3) is 0.294. The number of hydrogen-bond acceptors (Lipinski definition) is 9. The Morgan fingerprint density at radius 3 is 2.86 bits per heavy atom. The largest absolute Gasteiger partial charge is 0.418 e. The third-order valence-corrected chi connectivity index (χ3v) is 6.51. The molecule has 0 fully saturated rings. The zero-order valence-electron chi connectivity index (χ0n) is 15.4. The van der Waals surface area contributed by atoms with Gasteiger partial charge in [-0.1, -0.05) is 5.16 Å². The smallest absolute Gasteiger partial charge is 0.241 e. The number of anilines is 1. The molecule has 3 aromatic heterocycles. The van der Waals surface area contributed by atoms with Gasteiger partial charge in [-0.2, -0.15) is 0 Å². The second-order valence-corrected chi connectivity index (χ2v) is 9.06. The van der Waals surface area contributed by atoms with Crippen LogP contribution in [-0.2, 0) is 14.9 Å². The van der Waals surface area contributed by atoms with Gasteiger partial charge in [-0.3, -0.25) is 4.98 Å². The first-order chi connectivity index (χ1) is 13.4. The van der Waals surface area contributed by atoms with E-state index in [1.54, 1.807) is 12.4 Å². The quantitative estimate of drug-likeness (QED) is 0.598. The first-order valence-corrected chi connectivity index (χ1v) is 11.0. The lowest BCUT2D eigenvalue weighted by atomic mass is 10.1. The van der Waals surface area contributed by atoms with Crippen LogP contribution in [0.4, 0.5) is 5.88 Å². The number of fused-ring (bicyclic) bond motifs is 1. The lowest BCUT2D eigenvalue weighted by Gasteiger charge is -2.24. The minimum Gasteiger partial charge on any atom is -0.418 e. The number of thiazole rings is 1. The van der Waals surface area contributed by atoms with Crippen molar-refractivity contribution in [3.8, 4) is 21.3 Å². The molecule has 0 saturated heterocycles. The maximum absolute atomic E-state index is 12.2. The van der Waals surface area contributed by atoms with Crippen LogP contribution in [0.15, 0.2) is 34.1 Å². The summed E-state index contributed by atoms with van der Waals surface area (Å²) < 4.78 is 31.4. The Bertz CT molecular complexity index is 1150. The topological polar surface area (TPSA) is 111 Å². The van der Waals surface area contributed by atoms with Gasteiger partial charge in [0.05, 0.1) is 11.9 Å². The van der Waals surface area contributed by atoms with Crippen molar-refractivity contribution in [3.63, 3.8) is 0 Å². The molecule has 0 spiro atoms. The van der Waals surface area contributed by atoms with Gasteiger partial charge in [0.1, 0.15) is 22.7 Å². The number of aryl methyl sites for hydroxylation is 1. The molecule has 1 aliphatic rings. The van der Waals surface area contributed by atoms with E-state index in [4.69, 9.17) is 9.25 Å². The molecule has 0 amide bonds. The van der Waals surface area contributed by atoms with Crippen LogP contribution in [0.5, 0.6) is 0 Å². The van der Waals surface area contributed by atoms with Crippen LogP contribution in [0.25, 0.3) is 21.3 Å². The van der Waals surface area contributed by atoms with E-state index in [9.17, 15) is 8.42 Å². The first-order valence-electron chi connectivity index (χ1n) is 8.35. The molecule has 3 aromatic rings. The maximum atomic E-state index is 12.2. The van der Waals surface area contributed by atoms with Crippen LogP contribution in [0.3, 0.4) is 0 Å². The lowest BCUT2D eigenvalue weighted by Crippen LogP contribution is -2.36. The lowest BCUT2D eigenvalue weighted by molar-refractivity contribution is 0.212. The highest BCUT2D eigenvalue weighted by atomic mass is 32.2. The van der Waals surface area contributed by atoms with Crippen LogP contribution >= 0.6 is 11.3 Å². The summed E-state index contributed by atoms with van der Waals surface area (Å²) in [5, 5.41) is 4.76. The summed E-state index contributed by atoms with van der Waals surface area (Å²) in [5.74, 6) is 0.449. The van der Waals surface area contributed by atoms with Crippen LogP contribution in [0.2, 0.25) is 0 Å². The summed E-state index contributed by atoms with van der Waals surface area (Å²) >= 11 is 1.41. The van der Waals surface area contributed by atoms with Gasteiger partial charge >= 0.3 is 0 Å². The monoisotopic (exact) mass is 419 g/mol. The number of oxime groups is 1. The predicted octanol–water partition coefficient (Wildman–Crippen LogP) is 2.69. The number of pyridine rings is 1. The summed E-state index contributed by atoms with van der Waals surface area (Å²) in [6.07, 6.45) is 4.94. The van der Waals surface area contributed by atoms with Crippen molar-refractivity contribution >= 4 is 33.0 Å². The van der Waals surface area contributed by atoms with Crippen LogP contribution < -0.4 is 4.31 Å². The van der Waals surface area contributed by atoms with Gasteiger partial charge in [0, 0.05) is 30.9 Å². The summed E-state index contributed by atoms with van der Waals surface area (Å²) in [5.41, 5.74) is 2.53. The van der Waals surface area contributed by atoms with E-state index >= 15 is 0 Å². The minimum absolute atomic E-state index is 0.148.